The molecule has 2 fully saturated rings. The quantitative estimate of drug-likeness (QED) is 0.398. The maximum Gasteiger partial charge on any atom is 0.256 e. The molecule has 3 N–H and O–H groups in total. The van der Waals surface area contributed by atoms with Crippen LogP contribution < -0.4 is 10.6 Å². The first kappa shape index (κ1) is 20.9. The number of likely N-dealkylation sites (tertiary alicyclic amines) is 1. The van der Waals surface area contributed by atoms with Crippen LogP contribution in [0.4, 0.5) is 11.5 Å². The summed E-state index contributed by atoms with van der Waals surface area (Å²) in [6.45, 7) is 2.23. The van der Waals surface area contributed by atoms with Gasteiger partial charge in [-0.25, -0.2) is 4.98 Å². The van der Waals surface area contributed by atoms with E-state index in [9.17, 15) is 4.79 Å². The summed E-state index contributed by atoms with van der Waals surface area (Å²) in [4.78, 5) is 19.6. The maximum atomic E-state index is 12.8. The summed E-state index contributed by atoms with van der Waals surface area (Å²) in [5.74, 6) is 0.329. The van der Waals surface area contributed by atoms with Gasteiger partial charge in [0.25, 0.3) is 5.91 Å². The van der Waals surface area contributed by atoms with Crippen LogP contribution in [0.5, 0.6) is 0 Å². The lowest BCUT2D eigenvalue weighted by Crippen LogP contribution is -2.36. The number of carbonyl (C=O) groups excluding carboxylic acids is 1. The van der Waals surface area contributed by atoms with E-state index in [1.165, 1.54) is 12.8 Å². The van der Waals surface area contributed by atoms with E-state index in [1.807, 2.05) is 48.8 Å². The number of nitrogens with zero attached hydrogens (tertiary/aromatic N) is 4. The Kier molecular flexibility index (Phi) is 5.30. The molecule has 1 aliphatic carbocycles. The molecule has 6 rings (SSSR count). The number of carbonyl (C=O) groups is 1. The molecule has 8 nitrogen and oxygen atoms in total. The number of benzene rings is 2. The standard InChI is InChI=1S/C26H29N7O/c1-32-12-10-20(11-13-32)28-19-5-2-17(3-6-19)26(34)29-25-15-23(30-31-25)18-4-9-22-24(14-18)33(16-27-22)21-7-8-21/h2-6,9,14-16,20-21,28H,7-8,10-13H2,1H3,(H2,29,30,31,34). The number of H-pyrrole nitrogens is 1. The largest absolute Gasteiger partial charge is 0.382 e. The summed E-state index contributed by atoms with van der Waals surface area (Å²) in [6.07, 6.45) is 6.63. The van der Waals surface area contributed by atoms with Crippen LogP contribution in [0.3, 0.4) is 0 Å². The summed E-state index contributed by atoms with van der Waals surface area (Å²) >= 11 is 0. The summed E-state index contributed by atoms with van der Waals surface area (Å²) in [5.41, 5.74) is 5.67. The first-order chi connectivity index (χ1) is 16.6. The third-order valence-corrected chi connectivity index (χ3v) is 6.88. The molecular formula is C26H29N7O. The van der Waals surface area contributed by atoms with Gasteiger partial charge < -0.3 is 20.1 Å². The third-order valence-electron chi connectivity index (χ3n) is 6.88. The molecule has 1 saturated carbocycles. The summed E-state index contributed by atoms with van der Waals surface area (Å²) in [6, 6.07) is 16.8. The summed E-state index contributed by atoms with van der Waals surface area (Å²) in [7, 11) is 2.16. The number of anilines is 2. The molecule has 3 heterocycles. The van der Waals surface area contributed by atoms with Gasteiger partial charge in [0.1, 0.15) is 0 Å². The van der Waals surface area contributed by atoms with Gasteiger partial charge in [0.15, 0.2) is 5.82 Å². The zero-order chi connectivity index (χ0) is 23.1. The van der Waals surface area contributed by atoms with Gasteiger partial charge >= 0.3 is 0 Å². The summed E-state index contributed by atoms with van der Waals surface area (Å²) < 4.78 is 2.25. The van der Waals surface area contributed by atoms with Gasteiger partial charge in [-0.1, -0.05) is 6.07 Å². The number of amides is 1. The minimum Gasteiger partial charge on any atom is -0.382 e. The van der Waals surface area contributed by atoms with Crippen molar-refractivity contribution in [2.75, 3.05) is 30.8 Å². The van der Waals surface area contributed by atoms with Crippen LogP contribution in [0.2, 0.25) is 0 Å². The van der Waals surface area contributed by atoms with Crippen LogP contribution in [0.25, 0.3) is 22.3 Å². The van der Waals surface area contributed by atoms with Crippen LogP contribution >= 0.6 is 0 Å². The Bertz CT molecular complexity index is 1310. The molecule has 1 amide bonds. The molecule has 2 aromatic heterocycles. The van der Waals surface area contributed by atoms with Gasteiger partial charge in [-0.15, -0.1) is 0 Å². The van der Waals surface area contributed by atoms with Crippen LogP contribution in [0.15, 0.2) is 54.9 Å². The third kappa shape index (κ3) is 4.28. The Morgan fingerprint density at radius 3 is 2.59 bits per heavy atom. The highest BCUT2D eigenvalue weighted by molar-refractivity contribution is 6.04. The number of piperidine rings is 1. The molecule has 0 atom stereocenters. The molecule has 0 unspecified atom stereocenters. The zero-order valence-corrected chi connectivity index (χ0v) is 19.3. The Balaban J connectivity index is 1.11. The molecule has 4 aromatic rings. The predicted octanol–water partition coefficient (Wildman–Crippen LogP) is 4.52. The smallest absolute Gasteiger partial charge is 0.256 e. The number of rotatable bonds is 6. The Labute approximate surface area is 198 Å². The highest BCUT2D eigenvalue weighted by atomic mass is 16.1. The molecule has 34 heavy (non-hydrogen) atoms. The molecule has 174 valence electrons. The number of hydrogen-bond acceptors (Lipinski definition) is 5. The minimum atomic E-state index is -0.175. The van der Waals surface area contributed by atoms with E-state index in [4.69, 9.17) is 0 Å². The van der Waals surface area contributed by atoms with E-state index in [0.717, 1.165) is 53.9 Å². The Morgan fingerprint density at radius 1 is 1.03 bits per heavy atom. The van der Waals surface area contributed by atoms with E-state index >= 15 is 0 Å². The predicted molar refractivity (Wildman–Crippen MR) is 134 cm³/mol. The van der Waals surface area contributed by atoms with Gasteiger partial charge in [-0.2, -0.15) is 5.10 Å². The number of aromatic nitrogens is 4. The van der Waals surface area contributed by atoms with E-state index in [1.54, 1.807) is 0 Å². The lowest BCUT2D eigenvalue weighted by atomic mass is 10.0. The molecule has 0 radical (unpaired) electrons. The lowest BCUT2D eigenvalue weighted by molar-refractivity contribution is 0.102. The second kappa shape index (κ2) is 8.61. The molecule has 0 bridgehead atoms. The number of aromatic amines is 1. The highest BCUT2D eigenvalue weighted by Crippen LogP contribution is 2.37. The van der Waals surface area contributed by atoms with Crippen molar-refractivity contribution in [3.8, 4) is 11.3 Å². The monoisotopic (exact) mass is 455 g/mol. The van der Waals surface area contributed by atoms with Gasteiger partial charge in [-0.3, -0.25) is 9.89 Å². The Hall–Kier alpha value is -3.65. The first-order valence-electron chi connectivity index (χ1n) is 12.0. The second-order valence-corrected chi connectivity index (χ2v) is 9.51. The van der Waals surface area contributed by atoms with Gasteiger partial charge in [0, 0.05) is 35.0 Å². The minimum absolute atomic E-state index is 0.175. The molecule has 1 aliphatic heterocycles. The zero-order valence-electron chi connectivity index (χ0n) is 19.3. The fraction of sp³-hybridized carbons (Fsp3) is 0.346. The van der Waals surface area contributed by atoms with Crippen LogP contribution in [-0.4, -0.2) is 56.7 Å². The van der Waals surface area contributed by atoms with Crippen molar-refractivity contribution in [3.05, 3.63) is 60.4 Å². The van der Waals surface area contributed by atoms with E-state index in [0.29, 0.717) is 23.5 Å². The molecule has 8 heteroatoms. The van der Waals surface area contributed by atoms with E-state index < -0.39 is 0 Å². The molecular weight excluding hydrogens is 426 g/mol. The highest BCUT2D eigenvalue weighted by Gasteiger charge is 2.25. The van der Waals surface area contributed by atoms with Gasteiger partial charge in [-0.05, 0) is 82.2 Å². The fourth-order valence-electron chi connectivity index (χ4n) is 4.67. The molecule has 1 saturated heterocycles. The van der Waals surface area contributed by atoms with Crippen LogP contribution in [-0.2, 0) is 0 Å². The average Bonchev–Trinajstić information content (AvgIpc) is 3.44. The van der Waals surface area contributed by atoms with Crippen LogP contribution in [0.1, 0.15) is 42.1 Å². The van der Waals surface area contributed by atoms with Crippen molar-refractivity contribution < 1.29 is 4.79 Å². The van der Waals surface area contributed by atoms with E-state index in [-0.39, 0.29) is 5.91 Å². The van der Waals surface area contributed by atoms with E-state index in [2.05, 4.69) is 48.4 Å². The number of fused-ring (bicyclic) bond motifs is 1. The van der Waals surface area contributed by atoms with Gasteiger partial charge in [0.05, 0.1) is 23.1 Å². The van der Waals surface area contributed by atoms with Crippen LogP contribution in [0, 0.1) is 0 Å². The SMILES string of the molecule is CN1CCC(Nc2ccc(C(=O)Nc3cc(-c4ccc5ncn(C6CC6)c5c4)[nH]n3)cc2)CC1. The normalized spacial score (nSPS) is 17.2. The topological polar surface area (TPSA) is 90.9 Å². The van der Waals surface area contributed by atoms with Crippen molar-refractivity contribution in [1.29, 1.82) is 0 Å². The maximum absolute atomic E-state index is 12.8. The second-order valence-electron chi connectivity index (χ2n) is 9.51. The number of nitrogens with one attached hydrogen (secondary N) is 3. The molecule has 0 spiro atoms. The van der Waals surface area contributed by atoms with Crippen molar-refractivity contribution in [2.45, 2.75) is 37.8 Å². The fourth-order valence-corrected chi connectivity index (χ4v) is 4.67. The van der Waals surface area contributed by atoms with Crippen molar-refractivity contribution >= 4 is 28.4 Å². The average molecular weight is 456 g/mol. The number of imidazole rings is 1. The first-order valence-corrected chi connectivity index (χ1v) is 12.0. The number of hydrogen-bond donors (Lipinski definition) is 3. The lowest BCUT2D eigenvalue weighted by Gasteiger charge is -2.30. The van der Waals surface area contributed by atoms with Crippen molar-refractivity contribution in [1.82, 2.24) is 24.6 Å². The summed E-state index contributed by atoms with van der Waals surface area (Å²) in [5, 5.41) is 13.8. The molecule has 2 aromatic carbocycles. The Morgan fingerprint density at radius 2 is 1.82 bits per heavy atom. The van der Waals surface area contributed by atoms with Crippen molar-refractivity contribution in [3.63, 3.8) is 0 Å². The van der Waals surface area contributed by atoms with Crippen molar-refractivity contribution in [2.24, 2.45) is 0 Å². The van der Waals surface area contributed by atoms with Gasteiger partial charge in [0.2, 0.25) is 0 Å². The molecule has 2 aliphatic rings.